The van der Waals surface area contributed by atoms with Gasteiger partial charge in [-0.2, -0.15) is 0 Å². The van der Waals surface area contributed by atoms with Crippen molar-refractivity contribution in [3.63, 3.8) is 0 Å². The van der Waals surface area contributed by atoms with Crippen molar-refractivity contribution in [1.82, 2.24) is 0 Å². The molecule has 0 radical (unpaired) electrons. The Morgan fingerprint density at radius 1 is 1.20 bits per heavy atom. The fourth-order valence-electron chi connectivity index (χ4n) is 2.56. The van der Waals surface area contributed by atoms with Gasteiger partial charge in [-0.3, -0.25) is 0 Å². The second kappa shape index (κ2) is 7.75. The maximum Gasteiger partial charge on any atom is 0.0988 e. The van der Waals surface area contributed by atoms with Crippen LogP contribution < -0.4 is 0 Å². The van der Waals surface area contributed by atoms with Gasteiger partial charge in [-0.25, -0.2) is 0 Å². The van der Waals surface area contributed by atoms with Crippen molar-refractivity contribution in [3.05, 3.63) is 41.5 Å². The summed E-state index contributed by atoms with van der Waals surface area (Å²) in [4.78, 5) is 2.10. The van der Waals surface area contributed by atoms with E-state index in [9.17, 15) is 5.11 Å². The predicted octanol–water partition coefficient (Wildman–Crippen LogP) is 4.74. The molecule has 2 nitrogen and oxygen atoms in total. The lowest BCUT2D eigenvalue weighted by molar-refractivity contribution is 0.0669. The number of hydrogen-bond donors (Lipinski definition) is 1. The first-order valence-electron chi connectivity index (χ1n) is 7.52. The first kappa shape index (κ1) is 15.5. The number of ether oxygens (including phenoxy) is 1. The second-order valence-corrected chi connectivity index (χ2v) is 6.41. The highest BCUT2D eigenvalue weighted by molar-refractivity contribution is 8.03. The van der Waals surface area contributed by atoms with Gasteiger partial charge in [0.2, 0.25) is 0 Å². The Hall–Kier alpha value is -0.930. The maximum atomic E-state index is 11.0. The first-order chi connectivity index (χ1) is 9.74. The van der Waals surface area contributed by atoms with E-state index >= 15 is 0 Å². The fourth-order valence-corrected chi connectivity index (χ4v) is 3.62. The Balaban J connectivity index is 2.18. The molecule has 3 heteroatoms. The molecule has 1 saturated carbocycles. The quantitative estimate of drug-likeness (QED) is 0.483. The van der Waals surface area contributed by atoms with E-state index in [0.29, 0.717) is 6.61 Å². The van der Waals surface area contributed by atoms with Crippen LogP contribution >= 0.6 is 11.8 Å². The molecule has 1 aromatic rings. The molecule has 0 atom stereocenters. The van der Waals surface area contributed by atoms with Crippen molar-refractivity contribution >= 4 is 11.8 Å². The smallest absolute Gasteiger partial charge is 0.0988 e. The molecule has 1 N–H and O–H groups in total. The van der Waals surface area contributed by atoms with Crippen LogP contribution in [0.25, 0.3) is 0 Å². The molecule has 0 saturated heterocycles. The SMILES string of the molecule is CCO/C=C(\Sc1ccccc1)C1(O)CCCCCC1. The van der Waals surface area contributed by atoms with Crippen LogP contribution in [0.4, 0.5) is 0 Å². The number of thioether (sulfide) groups is 1. The molecular formula is C17H24O2S. The monoisotopic (exact) mass is 292 g/mol. The van der Waals surface area contributed by atoms with E-state index in [1.165, 1.54) is 12.8 Å². The normalized spacial score (nSPS) is 19.4. The number of hydrogen-bond acceptors (Lipinski definition) is 3. The Morgan fingerprint density at radius 2 is 1.85 bits per heavy atom. The molecule has 0 bridgehead atoms. The molecule has 0 amide bonds. The summed E-state index contributed by atoms with van der Waals surface area (Å²) in [6, 6.07) is 10.2. The lowest BCUT2D eigenvalue weighted by Crippen LogP contribution is -2.29. The standard InChI is InChI=1S/C17H24O2S/c1-2-19-14-16(20-15-10-6-5-7-11-15)17(18)12-8-3-4-9-13-17/h5-7,10-11,14,18H,2-4,8-9,12-13H2,1H3/b16-14-. The predicted molar refractivity (Wildman–Crippen MR) is 84.7 cm³/mol. The van der Waals surface area contributed by atoms with E-state index in [0.717, 1.165) is 35.5 Å². The van der Waals surface area contributed by atoms with Gasteiger partial charge in [0.1, 0.15) is 0 Å². The summed E-state index contributed by atoms with van der Waals surface area (Å²) in [5.74, 6) is 0. The summed E-state index contributed by atoms with van der Waals surface area (Å²) in [5, 5.41) is 11.0. The van der Waals surface area contributed by atoms with Gasteiger partial charge in [-0.15, -0.1) is 0 Å². The molecule has 0 spiro atoms. The van der Waals surface area contributed by atoms with Crippen LogP contribution in [0.15, 0.2) is 46.4 Å². The summed E-state index contributed by atoms with van der Waals surface area (Å²) in [6.45, 7) is 2.60. The minimum atomic E-state index is -0.716. The highest BCUT2D eigenvalue weighted by Crippen LogP contribution is 2.41. The van der Waals surface area contributed by atoms with Gasteiger partial charge in [0.25, 0.3) is 0 Å². The van der Waals surface area contributed by atoms with Crippen LogP contribution in [0, 0.1) is 0 Å². The first-order valence-corrected chi connectivity index (χ1v) is 8.34. The zero-order chi connectivity index (χ0) is 14.3. The molecule has 110 valence electrons. The minimum Gasteiger partial charge on any atom is -0.501 e. The van der Waals surface area contributed by atoms with E-state index in [1.54, 1.807) is 18.0 Å². The molecule has 2 rings (SSSR count). The molecule has 1 fully saturated rings. The number of benzene rings is 1. The third-order valence-electron chi connectivity index (χ3n) is 3.72. The summed E-state index contributed by atoms with van der Waals surface area (Å²) in [5.41, 5.74) is -0.716. The number of rotatable bonds is 5. The third-order valence-corrected chi connectivity index (χ3v) is 4.92. The molecular weight excluding hydrogens is 268 g/mol. The van der Waals surface area contributed by atoms with Crippen LogP contribution in [-0.2, 0) is 4.74 Å². The van der Waals surface area contributed by atoms with Crippen LogP contribution in [0.1, 0.15) is 45.4 Å². The molecule has 1 aromatic carbocycles. The molecule has 0 heterocycles. The average molecular weight is 292 g/mol. The van der Waals surface area contributed by atoms with E-state index in [-0.39, 0.29) is 0 Å². The van der Waals surface area contributed by atoms with Gasteiger partial charge in [-0.05, 0) is 31.9 Å². The topological polar surface area (TPSA) is 29.5 Å². The van der Waals surface area contributed by atoms with Gasteiger partial charge in [0.15, 0.2) is 0 Å². The van der Waals surface area contributed by atoms with Gasteiger partial charge in [0.05, 0.1) is 23.4 Å². The van der Waals surface area contributed by atoms with Gasteiger partial charge >= 0.3 is 0 Å². The summed E-state index contributed by atoms with van der Waals surface area (Å²) in [7, 11) is 0. The Labute approximate surface area is 126 Å². The highest BCUT2D eigenvalue weighted by atomic mass is 32.2. The van der Waals surface area contributed by atoms with Gasteiger partial charge in [0, 0.05) is 4.90 Å². The maximum absolute atomic E-state index is 11.0. The largest absolute Gasteiger partial charge is 0.501 e. The van der Waals surface area contributed by atoms with Crippen molar-refractivity contribution in [2.24, 2.45) is 0 Å². The second-order valence-electron chi connectivity index (χ2n) is 5.30. The highest BCUT2D eigenvalue weighted by Gasteiger charge is 2.33. The van der Waals surface area contributed by atoms with Crippen LogP contribution in [-0.4, -0.2) is 17.3 Å². The van der Waals surface area contributed by atoms with Gasteiger partial charge in [-0.1, -0.05) is 55.6 Å². The fraction of sp³-hybridized carbons (Fsp3) is 0.529. The minimum absolute atomic E-state index is 0.634. The van der Waals surface area contributed by atoms with Crippen LogP contribution in [0.5, 0.6) is 0 Å². The zero-order valence-corrected chi connectivity index (χ0v) is 13.0. The van der Waals surface area contributed by atoms with E-state index in [2.05, 4.69) is 12.1 Å². The van der Waals surface area contributed by atoms with Gasteiger partial charge < -0.3 is 9.84 Å². The third kappa shape index (κ3) is 4.29. The summed E-state index contributed by atoms with van der Waals surface area (Å²) in [6.07, 6.45) is 8.07. The molecule has 0 aromatic heterocycles. The van der Waals surface area contributed by atoms with E-state index < -0.39 is 5.60 Å². The van der Waals surface area contributed by atoms with Crippen molar-refractivity contribution in [2.75, 3.05) is 6.61 Å². The Kier molecular flexibility index (Phi) is 5.99. The summed E-state index contributed by atoms with van der Waals surface area (Å²) < 4.78 is 5.48. The lowest BCUT2D eigenvalue weighted by atomic mass is 9.94. The molecule has 1 aliphatic carbocycles. The Bertz CT molecular complexity index is 420. The molecule has 1 aliphatic rings. The summed E-state index contributed by atoms with van der Waals surface area (Å²) >= 11 is 1.63. The van der Waals surface area contributed by atoms with Crippen LogP contribution in [0.3, 0.4) is 0 Å². The van der Waals surface area contributed by atoms with E-state index in [4.69, 9.17) is 4.74 Å². The molecule has 20 heavy (non-hydrogen) atoms. The molecule has 0 unspecified atom stereocenters. The Morgan fingerprint density at radius 3 is 2.45 bits per heavy atom. The zero-order valence-electron chi connectivity index (χ0n) is 12.2. The van der Waals surface area contributed by atoms with Crippen molar-refractivity contribution in [3.8, 4) is 0 Å². The number of aliphatic hydroxyl groups is 1. The van der Waals surface area contributed by atoms with E-state index in [1.807, 2.05) is 25.1 Å². The van der Waals surface area contributed by atoms with Crippen LogP contribution in [0.2, 0.25) is 0 Å². The molecule has 0 aliphatic heterocycles. The van der Waals surface area contributed by atoms with Crippen molar-refractivity contribution in [2.45, 2.75) is 55.9 Å². The average Bonchev–Trinajstić information content (AvgIpc) is 2.70. The lowest BCUT2D eigenvalue weighted by Gasteiger charge is -2.29. The van der Waals surface area contributed by atoms with Crippen molar-refractivity contribution in [1.29, 1.82) is 0 Å². The van der Waals surface area contributed by atoms with Crippen molar-refractivity contribution < 1.29 is 9.84 Å².